The van der Waals surface area contributed by atoms with E-state index in [0.29, 0.717) is 0 Å². The van der Waals surface area contributed by atoms with Gasteiger partial charge in [0.15, 0.2) is 0 Å². The largest absolute Gasteiger partial charge is 0.374 e. The van der Waals surface area contributed by atoms with E-state index in [4.69, 9.17) is 4.99 Å². The molecule has 4 rings (SSSR count). The van der Waals surface area contributed by atoms with Crippen molar-refractivity contribution in [3.63, 3.8) is 0 Å². The number of hydrogen-bond donors (Lipinski definition) is 1. The summed E-state index contributed by atoms with van der Waals surface area (Å²) in [6.07, 6.45) is 0.820. The van der Waals surface area contributed by atoms with Crippen LogP contribution in [0.3, 0.4) is 0 Å². The lowest BCUT2D eigenvalue weighted by molar-refractivity contribution is 0.571. The Hall–Kier alpha value is -1.41. The van der Waals surface area contributed by atoms with Crippen LogP contribution in [0.5, 0.6) is 0 Å². The minimum absolute atomic E-state index is 0.237. The Morgan fingerprint density at radius 3 is 2.07 bits per heavy atom. The molecule has 0 radical (unpaired) electrons. The summed E-state index contributed by atoms with van der Waals surface area (Å²) in [4.78, 5) is 5.13. The molecule has 1 atom stereocenters. The van der Waals surface area contributed by atoms with Crippen LogP contribution in [-0.4, -0.2) is 5.71 Å². The molecule has 2 nitrogen and oxygen atoms in total. The number of rotatable bonds is 2. The third-order valence-corrected chi connectivity index (χ3v) is 6.90. The van der Waals surface area contributed by atoms with Crippen LogP contribution < -0.4 is 5.32 Å². The van der Waals surface area contributed by atoms with Crippen molar-refractivity contribution in [2.75, 3.05) is 5.32 Å². The number of nitrogens with zero attached hydrogens (tertiary/aromatic N) is 1. The third-order valence-electron chi connectivity index (χ3n) is 5.46. The SMILES string of the molecule is Cc1cc2c(cc1C)N[C@](C)(c1ccc(I)cc1)CC(c1ccc(I)cc1)=N2. The van der Waals surface area contributed by atoms with Gasteiger partial charge in [-0.25, -0.2) is 0 Å². The number of aliphatic imine (C=N–C) groups is 1. The maximum absolute atomic E-state index is 5.13. The highest BCUT2D eigenvalue weighted by molar-refractivity contribution is 14.1. The molecule has 0 saturated heterocycles. The average molecular weight is 592 g/mol. The van der Waals surface area contributed by atoms with Crippen LogP contribution in [0.4, 0.5) is 11.4 Å². The lowest BCUT2D eigenvalue weighted by Crippen LogP contribution is -2.34. The Kier molecular flexibility index (Phi) is 5.53. The lowest BCUT2D eigenvalue weighted by atomic mass is 9.85. The van der Waals surface area contributed by atoms with Crippen LogP contribution in [0, 0.1) is 21.0 Å². The quantitative estimate of drug-likeness (QED) is 0.309. The zero-order chi connectivity index (χ0) is 19.9. The monoisotopic (exact) mass is 592 g/mol. The van der Waals surface area contributed by atoms with E-state index in [-0.39, 0.29) is 5.54 Å². The smallest absolute Gasteiger partial charge is 0.0867 e. The highest BCUT2D eigenvalue weighted by Crippen LogP contribution is 2.40. The Morgan fingerprint density at radius 2 is 1.43 bits per heavy atom. The van der Waals surface area contributed by atoms with Gasteiger partial charge in [0.1, 0.15) is 0 Å². The van der Waals surface area contributed by atoms with E-state index in [0.717, 1.165) is 23.5 Å². The summed E-state index contributed by atoms with van der Waals surface area (Å²) in [6, 6.07) is 21.9. The van der Waals surface area contributed by atoms with Gasteiger partial charge < -0.3 is 5.32 Å². The Labute approximate surface area is 194 Å². The van der Waals surface area contributed by atoms with Crippen molar-refractivity contribution in [3.05, 3.63) is 90.1 Å². The van der Waals surface area contributed by atoms with E-state index in [9.17, 15) is 0 Å². The van der Waals surface area contributed by atoms with Crippen LogP contribution in [0.25, 0.3) is 0 Å². The summed E-state index contributed by atoms with van der Waals surface area (Å²) >= 11 is 4.71. The van der Waals surface area contributed by atoms with Crippen LogP contribution in [0.1, 0.15) is 35.6 Å². The second-order valence-corrected chi connectivity index (χ2v) is 10.2. The first-order valence-corrected chi connectivity index (χ1v) is 11.5. The molecule has 3 aromatic carbocycles. The normalized spacial score (nSPS) is 18.7. The Balaban J connectivity index is 1.89. The molecule has 0 bridgehead atoms. The molecule has 0 aromatic heterocycles. The second kappa shape index (κ2) is 7.78. The standard InChI is InChI=1S/C24H22I2N2/c1-15-12-21-22(13-16(15)2)28-24(3,18-6-10-20(26)11-7-18)14-23(27-21)17-4-8-19(25)9-5-17/h4-13,28H,14H2,1-3H3/t24-/m0/s1. The van der Waals surface area contributed by atoms with Gasteiger partial charge in [0.2, 0.25) is 0 Å². The fourth-order valence-electron chi connectivity index (χ4n) is 3.66. The van der Waals surface area contributed by atoms with Gasteiger partial charge in [-0.05, 0) is 125 Å². The maximum atomic E-state index is 5.13. The topological polar surface area (TPSA) is 24.4 Å². The van der Waals surface area contributed by atoms with Gasteiger partial charge in [0, 0.05) is 13.6 Å². The van der Waals surface area contributed by atoms with Gasteiger partial charge in [0.05, 0.1) is 22.6 Å². The molecule has 1 heterocycles. The van der Waals surface area contributed by atoms with Crippen LogP contribution in [0.2, 0.25) is 0 Å². The zero-order valence-electron chi connectivity index (χ0n) is 16.2. The number of halogens is 2. The molecule has 0 spiro atoms. The van der Waals surface area contributed by atoms with E-state index in [1.54, 1.807) is 0 Å². The summed E-state index contributed by atoms with van der Waals surface area (Å²) in [5, 5.41) is 3.83. The fourth-order valence-corrected chi connectivity index (χ4v) is 4.37. The molecule has 0 amide bonds. The molecular formula is C24H22I2N2. The third kappa shape index (κ3) is 3.99. The number of anilines is 1. The number of benzene rings is 3. The molecule has 4 heteroatoms. The van der Waals surface area contributed by atoms with Crippen molar-refractivity contribution in [3.8, 4) is 0 Å². The lowest BCUT2D eigenvalue weighted by Gasteiger charge is -2.32. The van der Waals surface area contributed by atoms with Crippen LogP contribution >= 0.6 is 45.2 Å². The van der Waals surface area contributed by atoms with E-state index in [1.807, 2.05) is 0 Å². The number of fused-ring (bicyclic) bond motifs is 1. The van der Waals surface area contributed by atoms with Crippen molar-refractivity contribution >= 4 is 62.3 Å². The fraction of sp³-hybridized carbons (Fsp3) is 0.208. The van der Waals surface area contributed by atoms with Gasteiger partial charge in [-0.2, -0.15) is 0 Å². The minimum atomic E-state index is -0.237. The first kappa shape index (κ1) is 19.9. The molecule has 3 aromatic rings. The molecule has 1 aliphatic rings. The summed E-state index contributed by atoms with van der Waals surface area (Å²) in [5.74, 6) is 0. The van der Waals surface area contributed by atoms with E-state index < -0.39 is 0 Å². The molecule has 0 fully saturated rings. The zero-order valence-corrected chi connectivity index (χ0v) is 20.5. The molecule has 0 saturated carbocycles. The predicted octanol–water partition coefficient (Wildman–Crippen LogP) is 7.36. The number of nitrogens with one attached hydrogen (secondary N) is 1. The van der Waals surface area contributed by atoms with Crippen molar-refractivity contribution < 1.29 is 0 Å². The maximum Gasteiger partial charge on any atom is 0.0867 e. The number of aryl methyl sites for hydroxylation is 2. The first-order valence-electron chi connectivity index (χ1n) is 9.33. The summed E-state index contributed by atoms with van der Waals surface area (Å²) in [5.41, 5.74) is 8.01. The summed E-state index contributed by atoms with van der Waals surface area (Å²) < 4.78 is 2.48. The number of hydrogen-bond acceptors (Lipinski definition) is 2. The average Bonchev–Trinajstić information content (AvgIpc) is 2.80. The van der Waals surface area contributed by atoms with Gasteiger partial charge in [0.25, 0.3) is 0 Å². The highest BCUT2D eigenvalue weighted by atomic mass is 127. The Bertz CT molecular complexity index is 1050. The van der Waals surface area contributed by atoms with Gasteiger partial charge in [-0.3, -0.25) is 4.99 Å². The molecular weight excluding hydrogens is 570 g/mol. The van der Waals surface area contributed by atoms with Gasteiger partial charge >= 0.3 is 0 Å². The highest BCUT2D eigenvalue weighted by Gasteiger charge is 2.32. The van der Waals surface area contributed by atoms with Crippen molar-refractivity contribution in [2.45, 2.75) is 32.7 Å². The van der Waals surface area contributed by atoms with Crippen molar-refractivity contribution in [1.82, 2.24) is 0 Å². The molecule has 142 valence electrons. The predicted molar refractivity (Wildman–Crippen MR) is 136 cm³/mol. The molecule has 1 aliphatic heterocycles. The summed E-state index contributed by atoms with van der Waals surface area (Å²) in [7, 11) is 0. The van der Waals surface area contributed by atoms with E-state index in [2.05, 4.69) is 132 Å². The molecule has 1 N–H and O–H groups in total. The van der Waals surface area contributed by atoms with Gasteiger partial charge in [-0.1, -0.05) is 24.3 Å². The molecule has 0 unspecified atom stereocenters. The van der Waals surface area contributed by atoms with Crippen molar-refractivity contribution in [1.29, 1.82) is 0 Å². The Morgan fingerprint density at radius 1 is 0.857 bits per heavy atom. The molecule has 0 aliphatic carbocycles. The molecule has 28 heavy (non-hydrogen) atoms. The van der Waals surface area contributed by atoms with E-state index >= 15 is 0 Å². The van der Waals surface area contributed by atoms with Gasteiger partial charge in [-0.15, -0.1) is 0 Å². The minimum Gasteiger partial charge on any atom is -0.374 e. The summed E-state index contributed by atoms with van der Waals surface area (Å²) in [6.45, 7) is 6.59. The second-order valence-electron chi connectivity index (χ2n) is 7.66. The van der Waals surface area contributed by atoms with E-state index in [1.165, 1.54) is 29.4 Å². The van der Waals surface area contributed by atoms with Crippen LogP contribution in [0.15, 0.2) is 65.7 Å². The first-order chi connectivity index (χ1) is 13.3. The van der Waals surface area contributed by atoms with Crippen molar-refractivity contribution in [2.24, 2.45) is 4.99 Å². The van der Waals surface area contributed by atoms with Crippen LogP contribution in [-0.2, 0) is 5.54 Å².